The Morgan fingerprint density at radius 3 is 2.88 bits per heavy atom. The number of carboxylic acids is 1. The highest BCUT2D eigenvalue weighted by molar-refractivity contribution is 7.99. The highest BCUT2D eigenvalue weighted by Crippen LogP contribution is 2.26. The van der Waals surface area contributed by atoms with Crippen LogP contribution in [0.2, 0.25) is 0 Å². The van der Waals surface area contributed by atoms with Gasteiger partial charge >= 0.3 is 5.97 Å². The van der Waals surface area contributed by atoms with Gasteiger partial charge in [0.25, 0.3) is 0 Å². The molecule has 0 aliphatic rings. The number of para-hydroxylation sites is 1. The molecule has 0 saturated carbocycles. The van der Waals surface area contributed by atoms with Crippen molar-refractivity contribution in [2.75, 3.05) is 5.75 Å². The molecule has 0 unspecified atom stereocenters. The lowest BCUT2D eigenvalue weighted by atomic mass is 10.2. The van der Waals surface area contributed by atoms with E-state index >= 15 is 0 Å². The molecule has 0 aliphatic heterocycles. The van der Waals surface area contributed by atoms with E-state index in [9.17, 15) is 9.90 Å². The van der Waals surface area contributed by atoms with Gasteiger partial charge in [-0.25, -0.2) is 4.98 Å². The van der Waals surface area contributed by atoms with Crippen molar-refractivity contribution < 1.29 is 15.0 Å². The van der Waals surface area contributed by atoms with Crippen LogP contribution in [0.25, 0.3) is 11.4 Å². The average Bonchev–Trinajstić information content (AvgIpc) is 2.75. The summed E-state index contributed by atoms with van der Waals surface area (Å²) in [5, 5.41) is 25.0. The Morgan fingerprint density at radius 2 is 2.18 bits per heavy atom. The largest absolute Gasteiger partial charge is 0.507 e. The van der Waals surface area contributed by atoms with Crippen LogP contribution in [0.15, 0.2) is 29.4 Å². The van der Waals surface area contributed by atoms with Gasteiger partial charge in [0.2, 0.25) is 5.16 Å². The molecule has 7 heteroatoms. The number of aromatic amines is 1. The van der Waals surface area contributed by atoms with Crippen molar-refractivity contribution in [3.8, 4) is 17.1 Å². The van der Waals surface area contributed by atoms with E-state index in [1.807, 2.05) is 0 Å². The predicted molar refractivity (Wildman–Crippen MR) is 61.8 cm³/mol. The summed E-state index contributed by atoms with van der Waals surface area (Å²) in [6.07, 6.45) is 0. The fraction of sp³-hybridized carbons (Fsp3) is 0.100. The Morgan fingerprint density at radius 1 is 1.41 bits per heavy atom. The topological polar surface area (TPSA) is 99.1 Å². The van der Waals surface area contributed by atoms with Crippen LogP contribution in [0.4, 0.5) is 0 Å². The van der Waals surface area contributed by atoms with E-state index < -0.39 is 5.97 Å². The van der Waals surface area contributed by atoms with E-state index in [1.165, 1.54) is 0 Å². The Hall–Kier alpha value is -2.02. The van der Waals surface area contributed by atoms with Crippen LogP contribution in [0.1, 0.15) is 0 Å². The zero-order chi connectivity index (χ0) is 12.3. The summed E-state index contributed by atoms with van der Waals surface area (Å²) in [5.41, 5.74) is 0.530. The molecule has 0 saturated heterocycles. The number of benzene rings is 1. The molecule has 6 nitrogen and oxygen atoms in total. The van der Waals surface area contributed by atoms with Crippen LogP contribution in [-0.2, 0) is 4.79 Å². The Kier molecular flexibility index (Phi) is 3.29. The standard InChI is InChI=1S/C10H9N3O3S/c14-7-4-2-1-3-6(7)9-11-10(13-12-9)17-5-8(15)16/h1-4,14H,5H2,(H,15,16)(H,11,12,13). The first-order chi connectivity index (χ1) is 8.16. The van der Waals surface area contributed by atoms with E-state index in [-0.39, 0.29) is 11.5 Å². The van der Waals surface area contributed by atoms with Gasteiger partial charge in [-0.2, -0.15) is 0 Å². The minimum absolute atomic E-state index is 0.0958. The Balaban J connectivity index is 2.18. The van der Waals surface area contributed by atoms with Crippen molar-refractivity contribution in [1.82, 2.24) is 15.2 Å². The molecule has 1 heterocycles. The maximum absolute atomic E-state index is 10.4. The smallest absolute Gasteiger partial charge is 0.313 e. The molecule has 1 aromatic heterocycles. The minimum atomic E-state index is -0.927. The normalized spacial score (nSPS) is 10.4. The first-order valence-electron chi connectivity index (χ1n) is 4.72. The zero-order valence-corrected chi connectivity index (χ0v) is 9.44. The quantitative estimate of drug-likeness (QED) is 0.709. The molecule has 0 aliphatic carbocycles. The fourth-order valence-electron chi connectivity index (χ4n) is 1.23. The van der Waals surface area contributed by atoms with Crippen molar-refractivity contribution in [2.24, 2.45) is 0 Å². The molecule has 0 fully saturated rings. The number of phenols is 1. The molecule has 1 aromatic carbocycles. The van der Waals surface area contributed by atoms with Crippen LogP contribution in [0.5, 0.6) is 5.75 Å². The SMILES string of the molecule is O=C(O)CSc1n[nH]c(-c2ccccc2O)n1. The number of nitrogens with one attached hydrogen (secondary N) is 1. The Bertz CT molecular complexity index is 541. The molecule has 2 rings (SSSR count). The van der Waals surface area contributed by atoms with Crippen molar-refractivity contribution in [3.63, 3.8) is 0 Å². The summed E-state index contributed by atoms with van der Waals surface area (Å²) in [6, 6.07) is 6.71. The second-order valence-corrected chi connectivity index (χ2v) is 4.11. The number of carbonyl (C=O) groups is 1. The van der Waals surface area contributed by atoms with Crippen molar-refractivity contribution in [2.45, 2.75) is 5.16 Å². The first-order valence-corrected chi connectivity index (χ1v) is 5.71. The van der Waals surface area contributed by atoms with E-state index in [2.05, 4.69) is 15.2 Å². The third-order valence-corrected chi connectivity index (χ3v) is 2.78. The molecule has 88 valence electrons. The summed E-state index contributed by atoms with van der Waals surface area (Å²) in [5.74, 6) is -0.517. The fourth-order valence-corrected chi connectivity index (χ4v) is 1.75. The second-order valence-electron chi connectivity index (χ2n) is 3.17. The van der Waals surface area contributed by atoms with Gasteiger partial charge in [-0.1, -0.05) is 23.9 Å². The number of aromatic nitrogens is 3. The maximum atomic E-state index is 10.4. The maximum Gasteiger partial charge on any atom is 0.313 e. The van der Waals surface area contributed by atoms with Crippen LogP contribution in [0.3, 0.4) is 0 Å². The van der Waals surface area contributed by atoms with E-state index in [4.69, 9.17) is 5.11 Å². The number of phenolic OH excluding ortho intramolecular Hbond substituents is 1. The van der Waals surface area contributed by atoms with Crippen molar-refractivity contribution >= 4 is 17.7 Å². The summed E-state index contributed by atoms with van der Waals surface area (Å²) < 4.78 is 0. The molecule has 0 amide bonds. The molecule has 0 atom stereocenters. The number of H-pyrrole nitrogens is 1. The molecular weight excluding hydrogens is 242 g/mol. The van der Waals surface area contributed by atoms with Crippen molar-refractivity contribution in [1.29, 1.82) is 0 Å². The average molecular weight is 251 g/mol. The van der Waals surface area contributed by atoms with Gasteiger partial charge in [0.1, 0.15) is 5.75 Å². The lowest BCUT2D eigenvalue weighted by Crippen LogP contribution is -1.97. The molecule has 0 radical (unpaired) electrons. The number of carboxylic acid groups (broad SMARTS) is 1. The third kappa shape index (κ3) is 2.76. The lowest BCUT2D eigenvalue weighted by Gasteiger charge is -1.98. The number of hydrogen-bond acceptors (Lipinski definition) is 5. The van der Waals surface area contributed by atoms with Crippen LogP contribution < -0.4 is 0 Å². The monoisotopic (exact) mass is 251 g/mol. The van der Waals surface area contributed by atoms with E-state index in [0.717, 1.165) is 11.8 Å². The highest BCUT2D eigenvalue weighted by atomic mass is 32.2. The summed E-state index contributed by atoms with van der Waals surface area (Å²) >= 11 is 1.02. The van der Waals surface area contributed by atoms with Gasteiger partial charge < -0.3 is 10.2 Å². The minimum Gasteiger partial charge on any atom is -0.507 e. The third-order valence-electron chi connectivity index (χ3n) is 1.95. The number of nitrogens with zero attached hydrogens (tertiary/aromatic N) is 2. The number of aliphatic carboxylic acids is 1. The van der Waals surface area contributed by atoms with E-state index in [1.54, 1.807) is 24.3 Å². The highest BCUT2D eigenvalue weighted by Gasteiger charge is 2.10. The van der Waals surface area contributed by atoms with Crippen LogP contribution in [0, 0.1) is 0 Å². The van der Waals surface area contributed by atoms with Gasteiger partial charge in [0.15, 0.2) is 5.82 Å². The first kappa shape index (κ1) is 11.5. The van der Waals surface area contributed by atoms with Crippen LogP contribution in [-0.4, -0.2) is 37.1 Å². The summed E-state index contributed by atoms with van der Waals surface area (Å²) in [4.78, 5) is 14.5. The molecule has 0 bridgehead atoms. The zero-order valence-electron chi connectivity index (χ0n) is 8.62. The second kappa shape index (κ2) is 4.88. The Labute approximate surface area is 101 Å². The summed E-state index contributed by atoms with van der Waals surface area (Å²) in [6.45, 7) is 0. The van der Waals surface area contributed by atoms with Crippen molar-refractivity contribution in [3.05, 3.63) is 24.3 Å². The van der Waals surface area contributed by atoms with Gasteiger partial charge in [0.05, 0.1) is 11.3 Å². The molecular formula is C10H9N3O3S. The number of hydrogen-bond donors (Lipinski definition) is 3. The predicted octanol–water partition coefficient (Wildman–Crippen LogP) is 1.35. The molecule has 0 spiro atoms. The van der Waals surface area contributed by atoms with E-state index in [0.29, 0.717) is 16.5 Å². The molecule has 3 N–H and O–H groups in total. The molecule has 17 heavy (non-hydrogen) atoms. The lowest BCUT2D eigenvalue weighted by molar-refractivity contribution is -0.133. The van der Waals surface area contributed by atoms with Gasteiger partial charge in [-0.15, -0.1) is 5.10 Å². The summed E-state index contributed by atoms with van der Waals surface area (Å²) in [7, 11) is 0. The van der Waals surface area contributed by atoms with Gasteiger partial charge in [-0.05, 0) is 12.1 Å². The number of aromatic hydroxyl groups is 1. The number of thioether (sulfide) groups is 1. The molecule has 2 aromatic rings. The number of rotatable bonds is 4. The van der Waals surface area contributed by atoms with Crippen LogP contribution >= 0.6 is 11.8 Å². The van der Waals surface area contributed by atoms with Gasteiger partial charge in [-0.3, -0.25) is 9.89 Å². The van der Waals surface area contributed by atoms with Gasteiger partial charge in [0, 0.05) is 0 Å².